The van der Waals surface area contributed by atoms with Gasteiger partial charge in [-0.2, -0.15) is 0 Å². The van der Waals surface area contributed by atoms with Crippen LogP contribution >= 0.6 is 0 Å². The monoisotopic (exact) mass is 269 g/mol. The summed E-state index contributed by atoms with van der Waals surface area (Å²) in [5.41, 5.74) is 5.99. The highest BCUT2D eigenvalue weighted by molar-refractivity contribution is 5.80. The molecule has 0 aromatic rings. The number of hydrogen-bond acceptors (Lipinski definition) is 3. The average molecular weight is 269 g/mol. The topological polar surface area (TPSA) is 84.2 Å². The van der Waals surface area contributed by atoms with Crippen molar-refractivity contribution in [1.29, 1.82) is 0 Å². The van der Waals surface area contributed by atoms with Gasteiger partial charge in [0.05, 0.1) is 0 Å². The van der Waals surface area contributed by atoms with Gasteiger partial charge < -0.3 is 16.4 Å². The van der Waals surface area contributed by atoms with Gasteiger partial charge in [-0.15, -0.1) is 0 Å². The van der Waals surface area contributed by atoms with Crippen LogP contribution < -0.4 is 16.4 Å². The van der Waals surface area contributed by atoms with Gasteiger partial charge in [-0.05, 0) is 32.6 Å². The van der Waals surface area contributed by atoms with Crippen LogP contribution in [0.3, 0.4) is 0 Å². The molecule has 5 nitrogen and oxygen atoms in total. The standard InChI is InChI=1S/C14H27N3O2/c1-9(2)17-13(18)7-8-16-14(19)11-5-4-6-12(15)10(11)3/h9-12H,4-8,15H2,1-3H3,(H,16,19)(H,17,18). The molecule has 3 unspecified atom stereocenters. The van der Waals surface area contributed by atoms with Crippen molar-refractivity contribution in [3.63, 3.8) is 0 Å². The van der Waals surface area contributed by atoms with Gasteiger partial charge >= 0.3 is 0 Å². The zero-order valence-corrected chi connectivity index (χ0v) is 12.2. The summed E-state index contributed by atoms with van der Waals surface area (Å²) in [5.74, 6) is 0.235. The van der Waals surface area contributed by atoms with Crippen LogP contribution in [-0.4, -0.2) is 30.4 Å². The summed E-state index contributed by atoms with van der Waals surface area (Å²) in [5, 5.41) is 5.65. The van der Waals surface area contributed by atoms with Crippen LogP contribution in [0.2, 0.25) is 0 Å². The Morgan fingerprint density at radius 2 is 2.00 bits per heavy atom. The van der Waals surface area contributed by atoms with E-state index in [1.807, 2.05) is 20.8 Å². The average Bonchev–Trinajstić information content (AvgIpc) is 2.31. The van der Waals surface area contributed by atoms with E-state index in [0.717, 1.165) is 19.3 Å². The van der Waals surface area contributed by atoms with Gasteiger partial charge in [-0.1, -0.05) is 13.3 Å². The Hall–Kier alpha value is -1.10. The molecule has 1 rings (SSSR count). The molecule has 1 aliphatic rings. The summed E-state index contributed by atoms with van der Waals surface area (Å²) < 4.78 is 0. The maximum atomic E-state index is 12.1. The zero-order chi connectivity index (χ0) is 14.4. The molecule has 0 heterocycles. The van der Waals surface area contributed by atoms with Crippen LogP contribution in [0.1, 0.15) is 46.5 Å². The highest BCUT2D eigenvalue weighted by Gasteiger charge is 2.32. The van der Waals surface area contributed by atoms with Gasteiger partial charge in [-0.25, -0.2) is 0 Å². The molecule has 0 aromatic heterocycles. The van der Waals surface area contributed by atoms with Gasteiger partial charge in [-0.3, -0.25) is 9.59 Å². The minimum atomic E-state index is -0.0244. The van der Waals surface area contributed by atoms with Crippen molar-refractivity contribution in [3.8, 4) is 0 Å². The molecule has 110 valence electrons. The molecule has 0 spiro atoms. The summed E-state index contributed by atoms with van der Waals surface area (Å²) >= 11 is 0. The van der Waals surface area contributed by atoms with E-state index < -0.39 is 0 Å². The van der Waals surface area contributed by atoms with E-state index in [1.54, 1.807) is 0 Å². The maximum Gasteiger partial charge on any atom is 0.223 e. The second kappa shape index (κ2) is 7.48. The third-order valence-electron chi connectivity index (χ3n) is 3.80. The Morgan fingerprint density at radius 1 is 1.32 bits per heavy atom. The van der Waals surface area contributed by atoms with Crippen LogP contribution in [0.25, 0.3) is 0 Å². The van der Waals surface area contributed by atoms with E-state index in [4.69, 9.17) is 5.73 Å². The largest absolute Gasteiger partial charge is 0.355 e. The normalized spacial score (nSPS) is 27.1. The Morgan fingerprint density at radius 3 is 2.63 bits per heavy atom. The molecular formula is C14H27N3O2. The second-order valence-electron chi connectivity index (χ2n) is 5.82. The van der Waals surface area contributed by atoms with E-state index in [-0.39, 0.29) is 35.7 Å². The Bertz CT molecular complexity index is 318. The lowest BCUT2D eigenvalue weighted by atomic mass is 9.77. The minimum absolute atomic E-state index is 0.00286. The molecule has 19 heavy (non-hydrogen) atoms. The third-order valence-corrected chi connectivity index (χ3v) is 3.80. The minimum Gasteiger partial charge on any atom is -0.355 e. The first-order chi connectivity index (χ1) is 8.91. The highest BCUT2D eigenvalue weighted by Crippen LogP contribution is 2.28. The zero-order valence-electron chi connectivity index (χ0n) is 12.2. The molecular weight excluding hydrogens is 242 g/mol. The first-order valence-electron chi connectivity index (χ1n) is 7.24. The fourth-order valence-electron chi connectivity index (χ4n) is 2.59. The molecule has 1 aliphatic carbocycles. The van der Waals surface area contributed by atoms with E-state index in [1.165, 1.54) is 0 Å². The van der Waals surface area contributed by atoms with Crippen molar-refractivity contribution in [1.82, 2.24) is 10.6 Å². The first kappa shape index (κ1) is 16.0. The van der Waals surface area contributed by atoms with Gasteiger partial charge in [0.15, 0.2) is 0 Å². The predicted molar refractivity (Wildman–Crippen MR) is 75.4 cm³/mol. The van der Waals surface area contributed by atoms with Gasteiger partial charge in [0, 0.05) is 31.0 Å². The molecule has 1 fully saturated rings. The van der Waals surface area contributed by atoms with Crippen molar-refractivity contribution in [2.45, 2.75) is 58.5 Å². The number of amides is 2. The molecule has 0 radical (unpaired) electrons. The van der Waals surface area contributed by atoms with Crippen LogP contribution in [0, 0.1) is 11.8 Å². The molecule has 4 N–H and O–H groups in total. The van der Waals surface area contributed by atoms with E-state index >= 15 is 0 Å². The lowest BCUT2D eigenvalue weighted by Gasteiger charge is -2.32. The summed E-state index contributed by atoms with van der Waals surface area (Å²) in [6.45, 7) is 6.28. The Labute approximate surface area is 115 Å². The summed E-state index contributed by atoms with van der Waals surface area (Å²) in [4.78, 5) is 23.5. The number of carbonyl (C=O) groups excluding carboxylic acids is 2. The molecule has 5 heteroatoms. The Kier molecular flexibility index (Phi) is 6.28. The SMILES string of the molecule is CC(C)NC(=O)CCNC(=O)C1CCCC(N)C1C. The number of nitrogens with two attached hydrogens (primary N) is 1. The van der Waals surface area contributed by atoms with Crippen molar-refractivity contribution in [3.05, 3.63) is 0 Å². The smallest absolute Gasteiger partial charge is 0.223 e. The second-order valence-corrected chi connectivity index (χ2v) is 5.82. The predicted octanol–water partition coefficient (Wildman–Crippen LogP) is 0.781. The van der Waals surface area contributed by atoms with Crippen molar-refractivity contribution in [2.24, 2.45) is 17.6 Å². The molecule has 0 saturated heterocycles. The van der Waals surface area contributed by atoms with E-state index in [9.17, 15) is 9.59 Å². The van der Waals surface area contributed by atoms with Crippen LogP contribution in [0.5, 0.6) is 0 Å². The molecule has 3 atom stereocenters. The van der Waals surface area contributed by atoms with Crippen molar-refractivity contribution >= 4 is 11.8 Å². The van der Waals surface area contributed by atoms with Gasteiger partial charge in [0.1, 0.15) is 0 Å². The van der Waals surface area contributed by atoms with Crippen LogP contribution in [0.15, 0.2) is 0 Å². The van der Waals surface area contributed by atoms with Gasteiger partial charge in [0.2, 0.25) is 11.8 Å². The summed E-state index contributed by atoms with van der Waals surface area (Å²) in [7, 11) is 0. The molecule has 0 aliphatic heterocycles. The number of nitrogens with one attached hydrogen (secondary N) is 2. The molecule has 0 aromatic carbocycles. The maximum absolute atomic E-state index is 12.1. The van der Waals surface area contributed by atoms with Gasteiger partial charge in [0.25, 0.3) is 0 Å². The van der Waals surface area contributed by atoms with Crippen LogP contribution in [-0.2, 0) is 9.59 Å². The van der Waals surface area contributed by atoms with Crippen LogP contribution in [0.4, 0.5) is 0 Å². The number of rotatable bonds is 5. The molecule has 0 bridgehead atoms. The first-order valence-corrected chi connectivity index (χ1v) is 7.24. The fourth-order valence-corrected chi connectivity index (χ4v) is 2.59. The molecule has 1 saturated carbocycles. The molecule has 2 amide bonds. The van der Waals surface area contributed by atoms with Crippen molar-refractivity contribution < 1.29 is 9.59 Å². The number of carbonyl (C=O) groups is 2. The number of hydrogen-bond donors (Lipinski definition) is 3. The quantitative estimate of drug-likeness (QED) is 0.689. The lowest BCUT2D eigenvalue weighted by Crippen LogP contribution is -2.45. The lowest BCUT2D eigenvalue weighted by molar-refractivity contribution is -0.128. The Balaban J connectivity index is 2.29. The summed E-state index contributed by atoms with van der Waals surface area (Å²) in [6.07, 6.45) is 3.25. The summed E-state index contributed by atoms with van der Waals surface area (Å²) in [6, 6.07) is 0.258. The van der Waals surface area contributed by atoms with E-state index in [0.29, 0.717) is 13.0 Å². The van der Waals surface area contributed by atoms with Crippen molar-refractivity contribution in [2.75, 3.05) is 6.54 Å². The third kappa shape index (κ3) is 5.19. The highest BCUT2D eigenvalue weighted by atomic mass is 16.2. The fraction of sp³-hybridized carbons (Fsp3) is 0.857. The van der Waals surface area contributed by atoms with E-state index in [2.05, 4.69) is 10.6 Å².